The molecule has 2 N–H and O–H groups in total. The fourth-order valence-electron chi connectivity index (χ4n) is 1.17. The molecule has 2 aromatic rings. The van der Waals surface area contributed by atoms with Crippen LogP contribution in [0.2, 0.25) is 0 Å². The highest BCUT2D eigenvalue weighted by Gasteiger charge is 2.01. The summed E-state index contributed by atoms with van der Waals surface area (Å²) in [5.74, 6) is 1.31. The van der Waals surface area contributed by atoms with Crippen molar-refractivity contribution in [2.45, 2.75) is 0 Å². The van der Waals surface area contributed by atoms with E-state index in [1.807, 2.05) is 24.3 Å². The maximum absolute atomic E-state index is 5.65. The predicted molar refractivity (Wildman–Crippen MR) is 52.3 cm³/mol. The van der Waals surface area contributed by atoms with E-state index in [1.54, 1.807) is 11.8 Å². The molecule has 0 atom stereocenters. The summed E-state index contributed by atoms with van der Waals surface area (Å²) >= 11 is 0. The van der Waals surface area contributed by atoms with Gasteiger partial charge in [-0.15, -0.1) is 5.10 Å². The van der Waals surface area contributed by atoms with Crippen LogP contribution in [0.5, 0.6) is 5.75 Å². The largest absolute Gasteiger partial charge is 0.497 e. The quantitative estimate of drug-likeness (QED) is 0.762. The van der Waals surface area contributed by atoms with Gasteiger partial charge in [-0.05, 0) is 24.3 Å². The van der Waals surface area contributed by atoms with E-state index >= 15 is 0 Å². The molecule has 0 saturated carbocycles. The summed E-state index contributed by atoms with van der Waals surface area (Å²) in [7, 11) is 1.62. The van der Waals surface area contributed by atoms with Crippen LogP contribution in [0.1, 0.15) is 0 Å². The maximum atomic E-state index is 5.65. The second-order valence-electron chi connectivity index (χ2n) is 2.77. The molecular weight excluding hydrogens is 180 g/mol. The minimum atomic E-state index is 0.509. The molecule has 0 aliphatic carbocycles. The van der Waals surface area contributed by atoms with Crippen molar-refractivity contribution in [1.29, 1.82) is 0 Å². The highest BCUT2D eigenvalue weighted by Crippen LogP contribution is 2.15. The van der Waals surface area contributed by atoms with Gasteiger partial charge >= 0.3 is 0 Å². The van der Waals surface area contributed by atoms with Crippen LogP contribution in [0, 0.1) is 0 Å². The Bertz CT molecular complexity index is 421. The third-order valence-electron chi connectivity index (χ3n) is 1.89. The standard InChI is InChI=1S/C9H10N4O/c1-14-8-4-2-7(3-5-8)13-9(10)6-11-12-13/h2-6H,10H2,1H3. The van der Waals surface area contributed by atoms with Crippen LogP contribution in [-0.2, 0) is 0 Å². The van der Waals surface area contributed by atoms with Crippen molar-refractivity contribution in [3.8, 4) is 11.4 Å². The third-order valence-corrected chi connectivity index (χ3v) is 1.89. The Hall–Kier alpha value is -2.04. The van der Waals surface area contributed by atoms with Crippen molar-refractivity contribution in [3.05, 3.63) is 30.5 Å². The second kappa shape index (κ2) is 3.37. The lowest BCUT2D eigenvalue weighted by molar-refractivity contribution is 0.414. The number of methoxy groups -OCH3 is 1. The molecule has 0 radical (unpaired) electrons. The number of aromatic nitrogens is 3. The number of hydrogen-bond acceptors (Lipinski definition) is 4. The van der Waals surface area contributed by atoms with Crippen LogP contribution in [0.15, 0.2) is 30.5 Å². The highest BCUT2D eigenvalue weighted by molar-refractivity contribution is 5.42. The number of rotatable bonds is 2. The number of nitrogens with two attached hydrogens (primary N) is 1. The molecule has 0 bridgehead atoms. The Labute approximate surface area is 81.1 Å². The molecule has 1 heterocycles. The molecule has 0 aliphatic heterocycles. The molecule has 14 heavy (non-hydrogen) atoms. The zero-order valence-corrected chi connectivity index (χ0v) is 7.71. The van der Waals surface area contributed by atoms with Crippen LogP contribution in [0.3, 0.4) is 0 Å². The van der Waals surface area contributed by atoms with Crippen molar-refractivity contribution in [1.82, 2.24) is 15.0 Å². The Morgan fingerprint density at radius 1 is 1.29 bits per heavy atom. The van der Waals surface area contributed by atoms with E-state index in [4.69, 9.17) is 10.5 Å². The summed E-state index contributed by atoms with van der Waals surface area (Å²) in [6.45, 7) is 0. The Morgan fingerprint density at radius 2 is 2.00 bits per heavy atom. The van der Waals surface area contributed by atoms with Crippen molar-refractivity contribution >= 4 is 5.82 Å². The van der Waals surface area contributed by atoms with Crippen molar-refractivity contribution in [2.75, 3.05) is 12.8 Å². The lowest BCUT2D eigenvalue weighted by Crippen LogP contribution is -2.01. The van der Waals surface area contributed by atoms with E-state index in [0.717, 1.165) is 11.4 Å². The van der Waals surface area contributed by atoms with Crippen molar-refractivity contribution in [2.24, 2.45) is 0 Å². The van der Waals surface area contributed by atoms with Crippen LogP contribution >= 0.6 is 0 Å². The number of hydrogen-bond donors (Lipinski definition) is 1. The van der Waals surface area contributed by atoms with Gasteiger partial charge in [0.25, 0.3) is 0 Å². The molecule has 0 amide bonds. The fourth-order valence-corrected chi connectivity index (χ4v) is 1.17. The Kier molecular flexibility index (Phi) is 2.06. The molecule has 0 saturated heterocycles. The SMILES string of the molecule is COc1ccc(-n2nncc2N)cc1. The minimum absolute atomic E-state index is 0.509. The summed E-state index contributed by atoms with van der Waals surface area (Å²) in [6.07, 6.45) is 1.50. The lowest BCUT2D eigenvalue weighted by Gasteiger charge is -2.03. The maximum Gasteiger partial charge on any atom is 0.147 e. The van der Waals surface area contributed by atoms with Crippen molar-refractivity contribution in [3.63, 3.8) is 0 Å². The molecule has 0 aliphatic rings. The first-order valence-corrected chi connectivity index (χ1v) is 4.12. The van der Waals surface area contributed by atoms with E-state index in [2.05, 4.69) is 10.3 Å². The van der Waals surface area contributed by atoms with Crippen LogP contribution < -0.4 is 10.5 Å². The van der Waals surface area contributed by atoms with Gasteiger partial charge in [0.1, 0.15) is 11.6 Å². The second-order valence-corrected chi connectivity index (χ2v) is 2.77. The molecular formula is C9H10N4O. The van der Waals surface area contributed by atoms with E-state index in [-0.39, 0.29) is 0 Å². The van der Waals surface area contributed by atoms with Gasteiger partial charge in [0.05, 0.1) is 19.0 Å². The van der Waals surface area contributed by atoms with E-state index in [9.17, 15) is 0 Å². The molecule has 1 aromatic heterocycles. The normalized spacial score (nSPS) is 10.1. The zero-order chi connectivity index (χ0) is 9.97. The van der Waals surface area contributed by atoms with Crippen LogP contribution in [-0.4, -0.2) is 22.1 Å². The monoisotopic (exact) mass is 190 g/mol. The van der Waals surface area contributed by atoms with Gasteiger partial charge in [-0.25, -0.2) is 0 Å². The molecule has 0 unspecified atom stereocenters. The summed E-state index contributed by atoms with van der Waals surface area (Å²) in [5.41, 5.74) is 6.51. The van der Waals surface area contributed by atoms with Gasteiger partial charge in [-0.3, -0.25) is 0 Å². The number of nitrogens with zero attached hydrogens (tertiary/aromatic N) is 3. The summed E-state index contributed by atoms with van der Waals surface area (Å²) < 4.78 is 6.60. The average molecular weight is 190 g/mol. The van der Waals surface area contributed by atoms with E-state index in [0.29, 0.717) is 5.82 Å². The third kappa shape index (κ3) is 1.39. The lowest BCUT2D eigenvalue weighted by atomic mass is 10.3. The molecule has 0 fully saturated rings. The zero-order valence-electron chi connectivity index (χ0n) is 7.71. The smallest absolute Gasteiger partial charge is 0.147 e. The fraction of sp³-hybridized carbons (Fsp3) is 0.111. The molecule has 1 aromatic carbocycles. The van der Waals surface area contributed by atoms with Gasteiger partial charge in [0.2, 0.25) is 0 Å². The molecule has 5 nitrogen and oxygen atoms in total. The highest BCUT2D eigenvalue weighted by atomic mass is 16.5. The summed E-state index contributed by atoms with van der Waals surface area (Å²) in [5, 5.41) is 7.54. The molecule has 5 heteroatoms. The van der Waals surface area contributed by atoms with E-state index < -0.39 is 0 Å². The van der Waals surface area contributed by atoms with Crippen LogP contribution in [0.4, 0.5) is 5.82 Å². The number of benzene rings is 1. The molecule has 0 spiro atoms. The first-order chi connectivity index (χ1) is 6.81. The Balaban J connectivity index is 2.39. The topological polar surface area (TPSA) is 66.0 Å². The summed E-state index contributed by atoms with van der Waals surface area (Å²) in [4.78, 5) is 0. The number of anilines is 1. The van der Waals surface area contributed by atoms with Gasteiger partial charge in [0, 0.05) is 0 Å². The van der Waals surface area contributed by atoms with Crippen molar-refractivity contribution < 1.29 is 4.74 Å². The number of ether oxygens (including phenoxy) is 1. The van der Waals surface area contributed by atoms with E-state index in [1.165, 1.54) is 6.20 Å². The van der Waals surface area contributed by atoms with Gasteiger partial charge < -0.3 is 10.5 Å². The number of nitrogen functional groups attached to an aromatic ring is 1. The first-order valence-electron chi connectivity index (χ1n) is 4.12. The molecule has 72 valence electrons. The van der Waals surface area contributed by atoms with Gasteiger partial charge in [-0.2, -0.15) is 4.68 Å². The predicted octanol–water partition coefficient (Wildman–Crippen LogP) is 0.858. The average Bonchev–Trinajstić information content (AvgIpc) is 2.65. The van der Waals surface area contributed by atoms with Gasteiger partial charge in [0.15, 0.2) is 0 Å². The van der Waals surface area contributed by atoms with Crippen LogP contribution in [0.25, 0.3) is 5.69 Å². The summed E-state index contributed by atoms with van der Waals surface area (Å²) in [6, 6.07) is 7.42. The first kappa shape index (κ1) is 8.55. The Morgan fingerprint density at radius 3 is 2.50 bits per heavy atom. The molecule has 2 rings (SSSR count). The minimum Gasteiger partial charge on any atom is -0.497 e. The van der Waals surface area contributed by atoms with Gasteiger partial charge in [-0.1, -0.05) is 5.21 Å².